The molecule has 0 aliphatic heterocycles. The molecular formula is C11H13NaO3S. The minimum atomic E-state index is -0.985. The van der Waals surface area contributed by atoms with Crippen molar-refractivity contribution in [2.24, 2.45) is 0 Å². The molecule has 3 nitrogen and oxygen atoms in total. The molecule has 0 N–H and O–H groups in total. The van der Waals surface area contributed by atoms with Gasteiger partial charge in [-0.2, -0.15) is 0 Å². The molecule has 0 spiro atoms. The minimum absolute atomic E-state index is 0. The van der Waals surface area contributed by atoms with E-state index >= 15 is 0 Å². The van der Waals surface area contributed by atoms with Gasteiger partial charge in [-0.15, -0.1) is 11.8 Å². The molecule has 0 atom stereocenters. The first kappa shape index (κ1) is 15.8. The topological polar surface area (TPSA) is 49.4 Å². The van der Waals surface area contributed by atoms with Crippen molar-refractivity contribution in [1.82, 2.24) is 0 Å². The molecule has 0 saturated carbocycles. The second-order valence-electron chi connectivity index (χ2n) is 3.00. The van der Waals surface area contributed by atoms with E-state index in [1.54, 1.807) is 18.9 Å². The van der Waals surface area contributed by atoms with E-state index in [0.717, 1.165) is 16.4 Å². The number of rotatable bonds is 6. The molecule has 0 fully saturated rings. The molecule has 1 aromatic carbocycles. The first-order chi connectivity index (χ1) is 7.22. The zero-order chi connectivity index (χ0) is 11.1. The van der Waals surface area contributed by atoms with Crippen LogP contribution in [0, 0.1) is 0 Å². The van der Waals surface area contributed by atoms with Gasteiger partial charge < -0.3 is 14.6 Å². The van der Waals surface area contributed by atoms with Crippen LogP contribution in [0.4, 0.5) is 0 Å². The van der Waals surface area contributed by atoms with Gasteiger partial charge in [-0.1, -0.05) is 6.07 Å². The van der Waals surface area contributed by atoms with E-state index in [2.05, 4.69) is 0 Å². The summed E-state index contributed by atoms with van der Waals surface area (Å²) in [5, 5.41) is 10.2. The number of hydrogen-bond acceptors (Lipinski definition) is 4. The number of carbonyl (C=O) groups excluding carboxylic acids is 1. The summed E-state index contributed by atoms with van der Waals surface area (Å²) in [6.45, 7) is 0. The van der Waals surface area contributed by atoms with E-state index in [1.165, 1.54) is 0 Å². The summed E-state index contributed by atoms with van der Waals surface area (Å²) >= 11 is 1.62. The molecule has 16 heavy (non-hydrogen) atoms. The monoisotopic (exact) mass is 248 g/mol. The predicted octanol–water partition coefficient (Wildman–Crippen LogP) is -1.68. The van der Waals surface area contributed by atoms with Gasteiger partial charge in [0.25, 0.3) is 0 Å². The number of methoxy groups -OCH3 is 1. The van der Waals surface area contributed by atoms with Crippen LogP contribution in [0.2, 0.25) is 0 Å². The SMILES string of the molecule is COc1cccc(SCCCC(=O)[O-])c1.[Na+]. The third-order valence-electron chi connectivity index (χ3n) is 1.84. The van der Waals surface area contributed by atoms with Crippen molar-refractivity contribution in [1.29, 1.82) is 0 Å². The molecule has 1 rings (SSSR count). The van der Waals surface area contributed by atoms with Crippen LogP contribution in [0.25, 0.3) is 0 Å². The first-order valence-corrected chi connectivity index (χ1v) is 5.67. The molecule has 0 saturated heterocycles. The van der Waals surface area contributed by atoms with Crippen molar-refractivity contribution in [3.8, 4) is 5.75 Å². The van der Waals surface area contributed by atoms with Crippen molar-refractivity contribution >= 4 is 17.7 Å². The van der Waals surface area contributed by atoms with Crippen molar-refractivity contribution in [3.63, 3.8) is 0 Å². The van der Waals surface area contributed by atoms with Crippen LogP contribution in [0.1, 0.15) is 12.8 Å². The van der Waals surface area contributed by atoms with Crippen LogP contribution in [0.3, 0.4) is 0 Å². The molecule has 0 amide bonds. The van der Waals surface area contributed by atoms with Gasteiger partial charge in [0, 0.05) is 10.9 Å². The van der Waals surface area contributed by atoms with E-state index in [-0.39, 0.29) is 36.0 Å². The van der Waals surface area contributed by atoms with Crippen molar-refractivity contribution in [3.05, 3.63) is 24.3 Å². The fraction of sp³-hybridized carbons (Fsp3) is 0.364. The summed E-state index contributed by atoms with van der Waals surface area (Å²) in [5.74, 6) is 0.613. The number of hydrogen-bond donors (Lipinski definition) is 0. The third kappa shape index (κ3) is 6.43. The molecule has 0 aliphatic carbocycles. The van der Waals surface area contributed by atoms with Crippen LogP contribution < -0.4 is 39.4 Å². The zero-order valence-electron chi connectivity index (χ0n) is 9.56. The average Bonchev–Trinajstić information content (AvgIpc) is 2.24. The Labute approximate surface area is 122 Å². The second kappa shape index (κ2) is 8.93. The summed E-state index contributed by atoms with van der Waals surface area (Å²) in [7, 11) is 1.62. The predicted molar refractivity (Wildman–Crippen MR) is 58.0 cm³/mol. The van der Waals surface area contributed by atoms with Crippen LogP contribution in [-0.4, -0.2) is 18.8 Å². The molecule has 0 aliphatic rings. The number of aliphatic carboxylic acids is 1. The van der Waals surface area contributed by atoms with Gasteiger partial charge in [0.1, 0.15) is 5.75 Å². The van der Waals surface area contributed by atoms with E-state index in [1.807, 2.05) is 24.3 Å². The van der Waals surface area contributed by atoms with Crippen molar-refractivity contribution < 1.29 is 44.2 Å². The summed E-state index contributed by atoms with van der Waals surface area (Å²) in [4.78, 5) is 11.3. The molecule has 0 bridgehead atoms. The molecule has 5 heteroatoms. The normalized spacial score (nSPS) is 9.31. The van der Waals surface area contributed by atoms with Crippen LogP contribution >= 0.6 is 11.8 Å². The van der Waals surface area contributed by atoms with Crippen molar-refractivity contribution in [2.45, 2.75) is 17.7 Å². The molecule has 0 radical (unpaired) electrons. The summed E-state index contributed by atoms with van der Waals surface area (Å²) in [5.41, 5.74) is 0. The Morgan fingerprint density at radius 3 is 2.88 bits per heavy atom. The van der Waals surface area contributed by atoms with Gasteiger partial charge in [-0.25, -0.2) is 0 Å². The smallest absolute Gasteiger partial charge is 0.550 e. The number of carboxylic acids is 1. The number of benzene rings is 1. The number of carbonyl (C=O) groups is 1. The Morgan fingerprint density at radius 1 is 1.50 bits per heavy atom. The van der Waals surface area contributed by atoms with E-state index in [0.29, 0.717) is 6.42 Å². The molecular weight excluding hydrogens is 235 g/mol. The van der Waals surface area contributed by atoms with Gasteiger partial charge in [0.2, 0.25) is 0 Å². The van der Waals surface area contributed by atoms with Gasteiger partial charge in [-0.3, -0.25) is 0 Å². The Morgan fingerprint density at radius 2 is 2.25 bits per heavy atom. The molecule has 82 valence electrons. The summed E-state index contributed by atoms with van der Waals surface area (Å²) in [6, 6.07) is 7.71. The number of ether oxygens (including phenoxy) is 1. The zero-order valence-corrected chi connectivity index (χ0v) is 12.4. The fourth-order valence-corrected chi connectivity index (χ4v) is 2.00. The maximum absolute atomic E-state index is 10.2. The Bertz CT molecular complexity index is 331. The quantitative estimate of drug-likeness (QED) is 0.343. The third-order valence-corrected chi connectivity index (χ3v) is 2.92. The Hall–Kier alpha value is -0.160. The minimum Gasteiger partial charge on any atom is -0.550 e. The Balaban J connectivity index is 0.00000225. The fourth-order valence-electron chi connectivity index (χ4n) is 1.10. The Kier molecular flexibility index (Phi) is 8.84. The van der Waals surface area contributed by atoms with Gasteiger partial charge in [0.05, 0.1) is 7.11 Å². The van der Waals surface area contributed by atoms with Crippen LogP contribution in [0.15, 0.2) is 29.2 Å². The number of thioether (sulfide) groups is 1. The van der Waals surface area contributed by atoms with Crippen LogP contribution in [-0.2, 0) is 4.79 Å². The van der Waals surface area contributed by atoms with Gasteiger partial charge >= 0.3 is 29.6 Å². The van der Waals surface area contributed by atoms with Crippen molar-refractivity contribution in [2.75, 3.05) is 12.9 Å². The van der Waals surface area contributed by atoms with E-state index in [4.69, 9.17) is 4.74 Å². The maximum Gasteiger partial charge on any atom is 1.00 e. The van der Waals surface area contributed by atoms with Crippen LogP contribution in [0.5, 0.6) is 5.75 Å². The van der Waals surface area contributed by atoms with Gasteiger partial charge in [-0.05, 0) is 36.8 Å². The average molecular weight is 248 g/mol. The summed E-state index contributed by atoms with van der Waals surface area (Å²) in [6.07, 6.45) is 0.751. The molecule has 0 unspecified atom stereocenters. The summed E-state index contributed by atoms with van der Waals surface area (Å²) < 4.78 is 5.08. The van der Waals surface area contributed by atoms with Gasteiger partial charge in [0.15, 0.2) is 0 Å². The van der Waals surface area contributed by atoms with E-state index in [9.17, 15) is 9.90 Å². The second-order valence-corrected chi connectivity index (χ2v) is 4.17. The maximum atomic E-state index is 10.2. The number of carboxylic acid groups (broad SMARTS) is 1. The largest absolute Gasteiger partial charge is 1.00 e. The van der Waals surface area contributed by atoms with E-state index < -0.39 is 5.97 Å². The molecule has 1 aromatic rings. The first-order valence-electron chi connectivity index (χ1n) is 4.69. The standard InChI is InChI=1S/C11H14O3S.Na/c1-14-9-4-2-5-10(8-9)15-7-3-6-11(12)13;/h2,4-5,8H,3,6-7H2,1H3,(H,12,13);/q;+1/p-1. The molecule has 0 heterocycles. The molecule has 0 aromatic heterocycles.